The molecule has 2 N–H and O–H groups in total. The monoisotopic (exact) mass is 230 g/mol. The highest BCUT2D eigenvalue weighted by molar-refractivity contribution is 5.66. The highest BCUT2D eigenvalue weighted by Crippen LogP contribution is 2.29. The van der Waals surface area contributed by atoms with E-state index in [-0.39, 0.29) is 6.61 Å². The van der Waals surface area contributed by atoms with Crippen LogP contribution in [-0.4, -0.2) is 35.0 Å². The molecule has 1 rings (SSSR count). The van der Waals surface area contributed by atoms with Crippen molar-refractivity contribution in [3.63, 3.8) is 0 Å². The standard InChI is InChI=1S/C12H22O4/c13-9-8-11-10(16-11)6-4-2-1-3-5-7-12(14)15/h10-11,13H,1-9H2,(H,14,15). The minimum Gasteiger partial charge on any atom is -0.481 e. The number of hydrogen-bond acceptors (Lipinski definition) is 3. The lowest BCUT2D eigenvalue weighted by Gasteiger charge is -1.99. The van der Waals surface area contributed by atoms with Gasteiger partial charge < -0.3 is 14.9 Å². The highest BCUT2D eigenvalue weighted by atomic mass is 16.6. The highest BCUT2D eigenvalue weighted by Gasteiger charge is 2.36. The largest absolute Gasteiger partial charge is 0.481 e. The third kappa shape index (κ3) is 6.08. The number of carbonyl (C=O) groups is 1. The first-order valence-electron chi connectivity index (χ1n) is 6.22. The molecule has 0 aromatic carbocycles. The van der Waals surface area contributed by atoms with Crippen molar-refractivity contribution in [2.45, 2.75) is 63.6 Å². The first kappa shape index (κ1) is 13.5. The average molecular weight is 230 g/mol. The van der Waals surface area contributed by atoms with Crippen molar-refractivity contribution in [3.05, 3.63) is 0 Å². The van der Waals surface area contributed by atoms with Gasteiger partial charge in [0.25, 0.3) is 0 Å². The number of unbranched alkanes of at least 4 members (excludes halogenated alkanes) is 4. The second kappa shape index (κ2) is 7.63. The Morgan fingerprint density at radius 2 is 1.62 bits per heavy atom. The molecule has 0 aliphatic carbocycles. The fraction of sp³-hybridized carbons (Fsp3) is 0.917. The molecule has 0 saturated carbocycles. The first-order valence-corrected chi connectivity index (χ1v) is 6.22. The summed E-state index contributed by atoms with van der Waals surface area (Å²) in [5, 5.41) is 17.1. The van der Waals surface area contributed by atoms with Crippen LogP contribution in [0.15, 0.2) is 0 Å². The topological polar surface area (TPSA) is 70.1 Å². The van der Waals surface area contributed by atoms with Crippen molar-refractivity contribution in [1.82, 2.24) is 0 Å². The lowest BCUT2D eigenvalue weighted by molar-refractivity contribution is -0.137. The first-order chi connectivity index (χ1) is 7.74. The van der Waals surface area contributed by atoms with Crippen molar-refractivity contribution in [2.75, 3.05) is 6.61 Å². The molecule has 1 fully saturated rings. The molecule has 2 unspecified atom stereocenters. The van der Waals surface area contributed by atoms with Crippen molar-refractivity contribution in [1.29, 1.82) is 0 Å². The molecule has 1 saturated heterocycles. The van der Waals surface area contributed by atoms with Gasteiger partial charge >= 0.3 is 5.97 Å². The quantitative estimate of drug-likeness (QED) is 0.444. The van der Waals surface area contributed by atoms with Gasteiger partial charge in [-0.25, -0.2) is 0 Å². The van der Waals surface area contributed by atoms with E-state index in [4.69, 9.17) is 14.9 Å². The Morgan fingerprint density at radius 3 is 2.31 bits per heavy atom. The van der Waals surface area contributed by atoms with Gasteiger partial charge in [0, 0.05) is 13.0 Å². The Balaban J connectivity index is 1.77. The van der Waals surface area contributed by atoms with E-state index in [0.29, 0.717) is 18.6 Å². The Morgan fingerprint density at radius 1 is 1.00 bits per heavy atom. The third-order valence-corrected chi connectivity index (χ3v) is 2.98. The molecule has 1 aliphatic rings. The van der Waals surface area contributed by atoms with Crippen LogP contribution in [0, 0.1) is 0 Å². The molecule has 1 aliphatic heterocycles. The van der Waals surface area contributed by atoms with Crippen molar-refractivity contribution < 1.29 is 19.7 Å². The zero-order valence-corrected chi connectivity index (χ0v) is 9.73. The van der Waals surface area contributed by atoms with E-state index in [2.05, 4.69) is 0 Å². The van der Waals surface area contributed by atoms with Crippen LogP contribution in [0.1, 0.15) is 51.4 Å². The molecule has 0 aromatic heterocycles. The van der Waals surface area contributed by atoms with E-state index in [0.717, 1.165) is 44.9 Å². The molecule has 2 atom stereocenters. The summed E-state index contributed by atoms with van der Waals surface area (Å²) in [5.41, 5.74) is 0. The Bertz CT molecular complexity index is 205. The van der Waals surface area contributed by atoms with Crippen LogP contribution in [0.25, 0.3) is 0 Å². The summed E-state index contributed by atoms with van der Waals surface area (Å²) in [5.74, 6) is -0.696. The summed E-state index contributed by atoms with van der Waals surface area (Å²) in [6, 6.07) is 0. The van der Waals surface area contributed by atoms with Crippen LogP contribution in [0.5, 0.6) is 0 Å². The minimum atomic E-state index is -0.696. The Kier molecular flexibility index (Phi) is 6.42. The van der Waals surface area contributed by atoms with Gasteiger partial charge in [-0.3, -0.25) is 4.79 Å². The number of carboxylic acid groups (broad SMARTS) is 1. The molecule has 94 valence electrons. The molecule has 0 radical (unpaired) electrons. The predicted octanol–water partition coefficient (Wildman–Crippen LogP) is 1.95. The molecule has 4 heteroatoms. The lowest BCUT2D eigenvalue weighted by atomic mass is 10.1. The van der Waals surface area contributed by atoms with Crippen LogP contribution in [0.2, 0.25) is 0 Å². The maximum absolute atomic E-state index is 10.2. The summed E-state index contributed by atoms with van der Waals surface area (Å²) in [6.07, 6.45) is 8.07. The lowest BCUT2D eigenvalue weighted by Crippen LogP contribution is -1.97. The van der Waals surface area contributed by atoms with Gasteiger partial charge in [-0.1, -0.05) is 25.7 Å². The van der Waals surface area contributed by atoms with Crippen molar-refractivity contribution in [2.24, 2.45) is 0 Å². The van der Waals surface area contributed by atoms with Crippen molar-refractivity contribution in [3.8, 4) is 0 Å². The van der Waals surface area contributed by atoms with E-state index < -0.39 is 5.97 Å². The SMILES string of the molecule is O=C(O)CCCCCCCC1OC1CCO. The van der Waals surface area contributed by atoms with E-state index in [1.165, 1.54) is 0 Å². The van der Waals surface area contributed by atoms with E-state index in [9.17, 15) is 4.79 Å². The van der Waals surface area contributed by atoms with Gasteiger partial charge in [-0.05, 0) is 19.3 Å². The molecular weight excluding hydrogens is 208 g/mol. The number of aliphatic hydroxyl groups excluding tert-OH is 1. The van der Waals surface area contributed by atoms with Gasteiger partial charge in [0.1, 0.15) is 0 Å². The second-order valence-corrected chi connectivity index (χ2v) is 4.43. The number of ether oxygens (including phenoxy) is 1. The molecule has 0 amide bonds. The summed E-state index contributed by atoms with van der Waals surface area (Å²) in [6.45, 7) is 0.219. The molecule has 0 spiro atoms. The maximum atomic E-state index is 10.2. The summed E-state index contributed by atoms with van der Waals surface area (Å²) >= 11 is 0. The minimum absolute atomic E-state index is 0.219. The van der Waals surface area contributed by atoms with Crippen LogP contribution >= 0.6 is 0 Å². The van der Waals surface area contributed by atoms with Gasteiger partial charge in [-0.15, -0.1) is 0 Å². The van der Waals surface area contributed by atoms with Gasteiger partial charge in [0.15, 0.2) is 0 Å². The van der Waals surface area contributed by atoms with E-state index in [1.54, 1.807) is 0 Å². The van der Waals surface area contributed by atoms with Crippen LogP contribution in [-0.2, 0) is 9.53 Å². The number of carboxylic acids is 1. The van der Waals surface area contributed by atoms with Crippen LogP contribution in [0.4, 0.5) is 0 Å². The molecule has 1 heterocycles. The number of aliphatic hydroxyl groups is 1. The smallest absolute Gasteiger partial charge is 0.303 e. The summed E-state index contributed by atoms with van der Waals surface area (Å²) in [4.78, 5) is 10.2. The molecule has 0 bridgehead atoms. The fourth-order valence-corrected chi connectivity index (χ4v) is 1.97. The van der Waals surface area contributed by atoms with Gasteiger partial charge in [0.05, 0.1) is 12.2 Å². The Labute approximate surface area is 96.6 Å². The number of hydrogen-bond donors (Lipinski definition) is 2. The maximum Gasteiger partial charge on any atom is 0.303 e. The predicted molar refractivity (Wildman–Crippen MR) is 60.3 cm³/mol. The normalized spacial score (nSPS) is 23.3. The summed E-state index contributed by atoms with van der Waals surface area (Å²) < 4.78 is 5.38. The zero-order valence-electron chi connectivity index (χ0n) is 9.73. The molecule has 4 nitrogen and oxygen atoms in total. The Hall–Kier alpha value is -0.610. The zero-order chi connectivity index (χ0) is 11.8. The molecule has 0 aromatic rings. The number of epoxide rings is 1. The van der Waals surface area contributed by atoms with E-state index in [1.807, 2.05) is 0 Å². The third-order valence-electron chi connectivity index (χ3n) is 2.98. The van der Waals surface area contributed by atoms with Gasteiger partial charge in [-0.2, -0.15) is 0 Å². The average Bonchev–Trinajstić information content (AvgIpc) is 2.95. The van der Waals surface area contributed by atoms with Crippen molar-refractivity contribution >= 4 is 5.97 Å². The second-order valence-electron chi connectivity index (χ2n) is 4.43. The summed E-state index contributed by atoms with van der Waals surface area (Å²) in [7, 11) is 0. The number of aliphatic carboxylic acids is 1. The fourth-order valence-electron chi connectivity index (χ4n) is 1.97. The van der Waals surface area contributed by atoms with Gasteiger partial charge in [0.2, 0.25) is 0 Å². The van der Waals surface area contributed by atoms with Crippen LogP contribution in [0.3, 0.4) is 0 Å². The van der Waals surface area contributed by atoms with E-state index >= 15 is 0 Å². The number of rotatable bonds is 10. The van der Waals surface area contributed by atoms with Crippen LogP contribution < -0.4 is 0 Å². The molecular formula is C12H22O4. The molecule has 16 heavy (non-hydrogen) atoms.